The molecule has 2 aromatic rings. The van der Waals surface area contributed by atoms with E-state index in [9.17, 15) is 9.59 Å². The summed E-state index contributed by atoms with van der Waals surface area (Å²) in [7, 11) is 0. The number of nitrogens with one attached hydrogen (secondary N) is 2. The van der Waals surface area contributed by atoms with Gasteiger partial charge in [0.15, 0.2) is 0 Å². The van der Waals surface area contributed by atoms with Gasteiger partial charge in [-0.05, 0) is 44.7 Å². The molecule has 0 aliphatic rings. The van der Waals surface area contributed by atoms with Crippen LogP contribution in [-0.4, -0.2) is 34.6 Å². The first kappa shape index (κ1) is 20.9. The summed E-state index contributed by atoms with van der Waals surface area (Å²) in [5.41, 5.74) is 3.09. The summed E-state index contributed by atoms with van der Waals surface area (Å²) < 4.78 is 0. The highest BCUT2D eigenvalue weighted by Gasteiger charge is 2.20. The van der Waals surface area contributed by atoms with Gasteiger partial charge in [0.1, 0.15) is 10.9 Å². The summed E-state index contributed by atoms with van der Waals surface area (Å²) >= 11 is 1.42. The topological polar surface area (TPSA) is 84.0 Å². The lowest BCUT2D eigenvalue weighted by molar-refractivity contribution is 0.0954. The van der Waals surface area contributed by atoms with Gasteiger partial charge in [-0.1, -0.05) is 19.9 Å². The van der Waals surface area contributed by atoms with Gasteiger partial charge in [0.05, 0.1) is 11.3 Å². The smallest absolute Gasteiger partial charge is 0.260 e. The molecule has 0 radical (unpaired) electrons. The van der Waals surface area contributed by atoms with E-state index in [1.165, 1.54) is 11.8 Å². The lowest BCUT2D eigenvalue weighted by Gasteiger charge is -2.15. The van der Waals surface area contributed by atoms with Crippen molar-refractivity contribution >= 4 is 29.3 Å². The first-order valence-electron chi connectivity index (χ1n) is 8.91. The van der Waals surface area contributed by atoms with Crippen molar-refractivity contribution in [1.29, 1.82) is 0 Å². The van der Waals surface area contributed by atoms with Crippen LogP contribution in [0.5, 0.6) is 0 Å². The van der Waals surface area contributed by atoms with Gasteiger partial charge in [-0.25, -0.2) is 9.97 Å². The minimum absolute atomic E-state index is 0.168. The van der Waals surface area contributed by atoms with E-state index < -0.39 is 0 Å². The van der Waals surface area contributed by atoms with Crippen LogP contribution in [0.3, 0.4) is 0 Å². The number of rotatable bonds is 6. The van der Waals surface area contributed by atoms with Crippen molar-refractivity contribution in [3.8, 4) is 0 Å². The number of anilines is 1. The van der Waals surface area contributed by atoms with E-state index in [4.69, 9.17) is 0 Å². The van der Waals surface area contributed by atoms with Crippen LogP contribution in [0.15, 0.2) is 23.2 Å². The fourth-order valence-electron chi connectivity index (χ4n) is 2.58. The van der Waals surface area contributed by atoms with Crippen LogP contribution in [0.1, 0.15) is 64.5 Å². The Balaban J connectivity index is 2.38. The summed E-state index contributed by atoms with van der Waals surface area (Å²) in [6.45, 7) is 10.2. The number of nitrogens with zero attached hydrogens (tertiary/aromatic N) is 2. The van der Waals surface area contributed by atoms with Crippen molar-refractivity contribution in [2.45, 2.75) is 45.6 Å². The molecule has 0 saturated heterocycles. The van der Waals surface area contributed by atoms with Crippen molar-refractivity contribution < 1.29 is 9.59 Å². The van der Waals surface area contributed by atoms with Crippen LogP contribution in [0.4, 0.5) is 5.69 Å². The zero-order valence-corrected chi connectivity index (χ0v) is 17.5. The number of hydrogen-bond acceptors (Lipinski definition) is 5. The first-order valence-corrected chi connectivity index (χ1v) is 10.1. The highest BCUT2D eigenvalue weighted by Crippen LogP contribution is 2.25. The second-order valence-corrected chi connectivity index (χ2v) is 7.34. The highest BCUT2D eigenvalue weighted by atomic mass is 32.2. The number of hydrogen-bond donors (Lipinski definition) is 2. The molecule has 6 nitrogen and oxygen atoms in total. The molecule has 0 unspecified atom stereocenters. The van der Waals surface area contributed by atoms with Crippen molar-refractivity contribution in [3.05, 3.63) is 46.4 Å². The fourth-order valence-corrected chi connectivity index (χ4v) is 3.21. The molecule has 0 atom stereocenters. The van der Waals surface area contributed by atoms with Gasteiger partial charge in [-0.2, -0.15) is 0 Å². The molecule has 0 aliphatic carbocycles. The van der Waals surface area contributed by atoms with Gasteiger partial charge in [-0.3, -0.25) is 9.59 Å². The Hall–Kier alpha value is -2.41. The number of carbonyl (C=O) groups excluding carboxylic acids is 2. The third kappa shape index (κ3) is 4.86. The molecule has 2 amide bonds. The van der Waals surface area contributed by atoms with Crippen LogP contribution in [0, 0.1) is 13.8 Å². The molecule has 144 valence electrons. The predicted molar refractivity (Wildman–Crippen MR) is 110 cm³/mol. The number of amides is 2. The summed E-state index contributed by atoms with van der Waals surface area (Å²) in [5, 5.41) is 6.33. The van der Waals surface area contributed by atoms with Crippen molar-refractivity contribution in [3.63, 3.8) is 0 Å². The van der Waals surface area contributed by atoms with E-state index in [-0.39, 0.29) is 17.7 Å². The number of benzene rings is 1. The Morgan fingerprint density at radius 2 is 1.85 bits per heavy atom. The standard InChI is InChI=1S/C20H26N4O2S/c1-7-21-18(25)14-9-8-12(4)15(10-14)23-19(26)16-13(5)22-17(11(2)3)24-20(16)27-6/h8-11H,7H2,1-6H3,(H,21,25)(H,23,26). The molecule has 1 heterocycles. The minimum Gasteiger partial charge on any atom is -0.352 e. The largest absolute Gasteiger partial charge is 0.352 e. The van der Waals surface area contributed by atoms with E-state index in [0.717, 1.165) is 11.4 Å². The summed E-state index contributed by atoms with van der Waals surface area (Å²) in [5.74, 6) is 0.465. The average molecular weight is 387 g/mol. The molecule has 7 heteroatoms. The maximum absolute atomic E-state index is 12.9. The average Bonchev–Trinajstić information content (AvgIpc) is 2.62. The van der Waals surface area contributed by atoms with Crippen LogP contribution >= 0.6 is 11.8 Å². The molecule has 1 aromatic heterocycles. The Bertz CT molecular complexity index is 865. The van der Waals surface area contributed by atoms with Gasteiger partial charge >= 0.3 is 0 Å². The molecule has 2 rings (SSSR count). The molecular formula is C20H26N4O2S. The minimum atomic E-state index is -0.275. The monoisotopic (exact) mass is 386 g/mol. The maximum atomic E-state index is 12.9. The third-order valence-corrected chi connectivity index (χ3v) is 4.78. The quantitative estimate of drug-likeness (QED) is 0.580. The number of aryl methyl sites for hydroxylation is 2. The second-order valence-electron chi connectivity index (χ2n) is 6.55. The van der Waals surface area contributed by atoms with Crippen LogP contribution in [-0.2, 0) is 0 Å². The van der Waals surface area contributed by atoms with E-state index in [1.54, 1.807) is 12.1 Å². The second kappa shape index (κ2) is 8.99. The molecule has 27 heavy (non-hydrogen) atoms. The van der Waals surface area contributed by atoms with Gasteiger partial charge in [0.2, 0.25) is 0 Å². The van der Waals surface area contributed by atoms with Crippen molar-refractivity contribution in [2.24, 2.45) is 0 Å². The normalized spacial score (nSPS) is 10.8. The number of aromatic nitrogens is 2. The lowest BCUT2D eigenvalue weighted by atomic mass is 10.1. The van der Waals surface area contributed by atoms with Gasteiger partial charge in [0, 0.05) is 23.7 Å². The Labute approximate surface area is 164 Å². The van der Waals surface area contributed by atoms with Gasteiger partial charge < -0.3 is 10.6 Å². The molecular weight excluding hydrogens is 360 g/mol. The summed E-state index contributed by atoms with van der Waals surface area (Å²) in [6, 6.07) is 5.26. The lowest BCUT2D eigenvalue weighted by Crippen LogP contribution is -2.23. The fraction of sp³-hybridized carbons (Fsp3) is 0.400. The van der Waals surface area contributed by atoms with Crippen LogP contribution in [0.2, 0.25) is 0 Å². The Kier molecular flexibility index (Phi) is 6.96. The van der Waals surface area contributed by atoms with E-state index in [1.807, 2.05) is 46.9 Å². The molecule has 0 bridgehead atoms. The van der Waals surface area contributed by atoms with Crippen molar-refractivity contribution in [2.75, 3.05) is 18.1 Å². The molecule has 0 spiro atoms. The van der Waals surface area contributed by atoms with E-state index in [0.29, 0.717) is 34.1 Å². The molecule has 0 fully saturated rings. The highest BCUT2D eigenvalue weighted by molar-refractivity contribution is 7.98. The molecule has 2 N–H and O–H groups in total. The summed E-state index contributed by atoms with van der Waals surface area (Å²) in [6.07, 6.45) is 1.89. The van der Waals surface area contributed by atoms with Crippen LogP contribution in [0.25, 0.3) is 0 Å². The van der Waals surface area contributed by atoms with E-state index >= 15 is 0 Å². The SMILES string of the molecule is CCNC(=O)c1ccc(C)c(NC(=O)c2c(C)nc(C(C)C)nc2SC)c1. The third-order valence-electron chi connectivity index (χ3n) is 4.10. The van der Waals surface area contributed by atoms with Gasteiger partial charge in [-0.15, -0.1) is 11.8 Å². The van der Waals surface area contributed by atoms with Gasteiger partial charge in [0.25, 0.3) is 11.8 Å². The zero-order valence-electron chi connectivity index (χ0n) is 16.6. The molecule has 1 aromatic carbocycles. The number of carbonyl (C=O) groups is 2. The van der Waals surface area contributed by atoms with Crippen molar-refractivity contribution in [1.82, 2.24) is 15.3 Å². The zero-order chi connectivity index (χ0) is 20.1. The first-order chi connectivity index (χ1) is 12.8. The Morgan fingerprint density at radius 3 is 2.44 bits per heavy atom. The maximum Gasteiger partial charge on any atom is 0.260 e. The summed E-state index contributed by atoms with van der Waals surface area (Å²) in [4.78, 5) is 34.0. The Morgan fingerprint density at radius 1 is 1.15 bits per heavy atom. The van der Waals surface area contributed by atoms with E-state index in [2.05, 4.69) is 20.6 Å². The predicted octanol–water partition coefficient (Wildman–Crippen LogP) is 3.94. The molecule has 0 saturated carbocycles. The molecule has 0 aliphatic heterocycles. The number of thioether (sulfide) groups is 1. The van der Waals surface area contributed by atoms with Crippen LogP contribution < -0.4 is 10.6 Å².